The normalized spacial score (nSPS) is 11.9. The number of ketones is 1. The molecule has 0 heterocycles. The van der Waals surface area contributed by atoms with Gasteiger partial charge in [-0.2, -0.15) is 0 Å². The van der Waals surface area contributed by atoms with Gasteiger partial charge in [-0.3, -0.25) is 9.59 Å². The summed E-state index contributed by atoms with van der Waals surface area (Å²) in [4.78, 5) is 32.8. The predicted octanol–water partition coefficient (Wildman–Crippen LogP) is 1.37. The number of ether oxygens (including phenoxy) is 1. The average Bonchev–Trinajstić information content (AvgIpc) is 2.26. The Kier molecular flexibility index (Phi) is 8.23. The van der Waals surface area contributed by atoms with E-state index in [1.807, 2.05) is 0 Å². The van der Waals surface area contributed by atoms with Crippen molar-refractivity contribution in [3.05, 3.63) is 0 Å². The second kappa shape index (κ2) is 8.87. The minimum absolute atomic E-state index is 0.137. The zero-order valence-corrected chi connectivity index (χ0v) is 10.4. The van der Waals surface area contributed by atoms with E-state index < -0.39 is 23.8 Å². The van der Waals surface area contributed by atoms with Crippen LogP contribution in [-0.4, -0.2) is 28.9 Å². The lowest BCUT2D eigenvalue weighted by molar-refractivity contribution is -0.166. The first-order valence-corrected chi connectivity index (χ1v) is 5.92. The summed E-state index contributed by atoms with van der Waals surface area (Å²) >= 11 is 0. The van der Waals surface area contributed by atoms with E-state index in [4.69, 9.17) is 0 Å². The second-order valence-electron chi connectivity index (χ2n) is 3.95. The molecule has 0 aliphatic carbocycles. The van der Waals surface area contributed by atoms with Crippen molar-refractivity contribution in [2.75, 3.05) is 0 Å². The Morgan fingerprint density at radius 3 is 2.24 bits per heavy atom. The molecule has 0 aromatic carbocycles. The number of carbonyl (C=O) groups excluding carboxylic acids is 3. The summed E-state index contributed by atoms with van der Waals surface area (Å²) in [5.74, 6) is -2.60. The molecule has 1 N–H and O–H groups in total. The zero-order chi connectivity index (χ0) is 13.3. The molecule has 0 amide bonds. The van der Waals surface area contributed by atoms with Crippen LogP contribution in [0.15, 0.2) is 0 Å². The van der Waals surface area contributed by atoms with Crippen molar-refractivity contribution >= 4 is 17.7 Å². The third-order valence-corrected chi connectivity index (χ3v) is 2.30. The van der Waals surface area contributed by atoms with Gasteiger partial charge < -0.3 is 9.84 Å². The number of Topliss-reactive ketones (excluding diaryl/α,β-unsaturated/α-hetero) is 1. The summed E-state index contributed by atoms with van der Waals surface area (Å²) in [6.07, 6.45) is 3.11. The van der Waals surface area contributed by atoms with Crippen molar-refractivity contribution in [2.45, 2.75) is 58.5 Å². The van der Waals surface area contributed by atoms with Crippen LogP contribution >= 0.6 is 0 Å². The first-order chi connectivity index (χ1) is 7.99. The Hall–Kier alpha value is -1.23. The molecule has 0 aliphatic heterocycles. The van der Waals surface area contributed by atoms with Crippen LogP contribution in [0.3, 0.4) is 0 Å². The number of hydrogen-bond donors (Lipinski definition) is 1. The minimum atomic E-state index is -1.83. The maximum absolute atomic E-state index is 11.3. The molecule has 5 nitrogen and oxygen atoms in total. The van der Waals surface area contributed by atoms with Gasteiger partial charge in [0, 0.05) is 13.3 Å². The molecule has 0 rings (SSSR count). The molecule has 0 bridgehead atoms. The highest BCUT2D eigenvalue weighted by atomic mass is 16.6. The van der Waals surface area contributed by atoms with Crippen LogP contribution in [0.1, 0.15) is 52.4 Å². The van der Waals surface area contributed by atoms with E-state index in [1.165, 1.54) is 0 Å². The molecule has 0 aliphatic rings. The summed E-state index contributed by atoms with van der Waals surface area (Å²) in [5, 5.41) is 9.26. The van der Waals surface area contributed by atoms with E-state index in [0.29, 0.717) is 6.42 Å². The molecular formula is C12H20O5. The molecule has 0 aromatic heterocycles. The fraction of sp³-hybridized carbons (Fsp3) is 0.750. The average molecular weight is 244 g/mol. The monoisotopic (exact) mass is 244 g/mol. The van der Waals surface area contributed by atoms with Crippen molar-refractivity contribution in [1.29, 1.82) is 0 Å². The molecule has 17 heavy (non-hydrogen) atoms. The molecule has 0 saturated heterocycles. The highest BCUT2D eigenvalue weighted by molar-refractivity contribution is 6.04. The maximum Gasteiger partial charge on any atom is 0.350 e. The van der Waals surface area contributed by atoms with Crippen LogP contribution in [0.25, 0.3) is 0 Å². The van der Waals surface area contributed by atoms with E-state index in [9.17, 15) is 19.5 Å². The molecule has 0 radical (unpaired) electrons. The van der Waals surface area contributed by atoms with Crippen molar-refractivity contribution in [2.24, 2.45) is 0 Å². The standard InChI is InChI=1S/C12H20O5/c1-3-4-5-6-7-8-10(14)11(15)12(16)17-9(2)13/h11,15H,3-8H2,1-2H3. The molecule has 0 spiro atoms. The van der Waals surface area contributed by atoms with Crippen molar-refractivity contribution in [3.8, 4) is 0 Å². The Bertz CT molecular complexity index is 272. The lowest BCUT2D eigenvalue weighted by Gasteiger charge is -2.07. The molecule has 0 fully saturated rings. The Morgan fingerprint density at radius 1 is 1.12 bits per heavy atom. The van der Waals surface area contributed by atoms with Crippen LogP contribution in [-0.2, 0) is 19.1 Å². The molecule has 0 aromatic rings. The SMILES string of the molecule is CCCCCCCC(=O)C(O)C(=O)OC(C)=O. The van der Waals surface area contributed by atoms with Gasteiger partial charge >= 0.3 is 11.9 Å². The Balaban J connectivity index is 3.81. The molecule has 98 valence electrons. The molecule has 0 saturated carbocycles. The highest BCUT2D eigenvalue weighted by Gasteiger charge is 2.25. The highest BCUT2D eigenvalue weighted by Crippen LogP contribution is 2.07. The fourth-order valence-corrected chi connectivity index (χ4v) is 1.37. The molecule has 1 atom stereocenters. The van der Waals surface area contributed by atoms with E-state index >= 15 is 0 Å². The van der Waals surface area contributed by atoms with E-state index in [2.05, 4.69) is 11.7 Å². The summed E-state index contributed by atoms with van der Waals surface area (Å²) in [6, 6.07) is 0. The lowest BCUT2D eigenvalue weighted by atomic mass is 10.1. The van der Waals surface area contributed by atoms with E-state index in [0.717, 1.165) is 32.6 Å². The van der Waals surface area contributed by atoms with E-state index in [-0.39, 0.29) is 6.42 Å². The van der Waals surface area contributed by atoms with Gasteiger partial charge in [0.1, 0.15) is 0 Å². The van der Waals surface area contributed by atoms with Crippen molar-refractivity contribution in [1.82, 2.24) is 0 Å². The number of aliphatic hydroxyl groups excluding tert-OH is 1. The van der Waals surface area contributed by atoms with Gasteiger partial charge in [-0.25, -0.2) is 4.79 Å². The van der Waals surface area contributed by atoms with Crippen LogP contribution in [0, 0.1) is 0 Å². The van der Waals surface area contributed by atoms with Crippen LogP contribution < -0.4 is 0 Å². The third-order valence-electron chi connectivity index (χ3n) is 2.30. The van der Waals surface area contributed by atoms with Crippen LogP contribution in [0.5, 0.6) is 0 Å². The van der Waals surface area contributed by atoms with Gasteiger partial charge in [-0.1, -0.05) is 32.6 Å². The van der Waals surface area contributed by atoms with E-state index in [1.54, 1.807) is 0 Å². The number of carbonyl (C=O) groups is 3. The Labute approximate surface area is 101 Å². The van der Waals surface area contributed by atoms with Gasteiger partial charge in [-0.05, 0) is 6.42 Å². The molecule has 1 unspecified atom stereocenters. The summed E-state index contributed by atoms with van der Waals surface area (Å²) in [6.45, 7) is 3.13. The number of hydrogen-bond acceptors (Lipinski definition) is 5. The number of esters is 2. The first kappa shape index (κ1) is 15.8. The van der Waals surface area contributed by atoms with Crippen LogP contribution in [0.2, 0.25) is 0 Å². The van der Waals surface area contributed by atoms with Gasteiger partial charge in [0.25, 0.3) is 0 Å². The van der Waals surface area contributed by atoms with Crippen LogP contribution in [0.4, 0.5) is 0 Å². The van der Waals surface area contributed by atoms with Gasteiger partial charge in [0.2, 0.25) is 6.10 Å². The fourth-order valence-electron chi connectivity index (χ4n) is 1.37. The van der Waals surface area contributed by atoms with Gasteiger partial charge in [0.05, 0.1) is 0 Å². The zero-order valence-electron chi connectivity index (χ0n) is 10.4. The van der Waals surface area contributed by atoms with Crippen molar-refractivity contribution in [3.63, 3.8) is 0 Å². The topological polar surface area (TPSA) is 80.7 Å². The quantitative estimate of drug-likeness (QED) is 0.396. The largest absolute Gasteiger partial charge is 0.391 e. The molecule has 5 heteroatoms. The predicted molar refractivity (Wildman–Crippen MR) is 61.2 cm³/mol. The summed E-state index contributed by atoms with van der Waals surface area (Å²) in [7, 11) is 0. The molecular weight excluding hydrogens is 224 g/mol. The summed E-state index contributed by atoms with van der Waals surface area (Å²) < 4.78 is 4.13. The summed E-state index contributed by atoms with van der Waals surface area (Å²) in [5.41, 5.74) is 0. The lowest BCUT2D eigenvalue weighted by Crippen LogP contribution is -2.32. The Morgan fingerprint density at radius 2 is 1.71 bits per heavy atom. The van der Waals surface area contributed by atoms with Gasteiger partial charge in [-0.15, -0.1) is 0 Å². The minimum Gasteiger partial charge on any atom is -0.391 e. The van der Waals surface area contributed by atoms with Crippen molar-refractivity contribution < 1.29 is 24.2 Å². The number of unbranched alkanes of at least 4 members (excludes halogenated alkanes) is 4. The maximum atomic E-state index is 11.3. The first-order valence-electron chi connectivity index (χ1n) is 5.92. The second-order valence-corrected chi connectivity index (χ2v) is 3.95. The number of aliphatic hydroxyl groups is 1. The smallest absolute Gasteiger partial charge is 0.350 e. The number of rotatable bonds is 8. The van der Waals surface area contributed by atoms with Gasteiger partial charge in [0.15, 0.2) is 5.78 Å². The third kappa shape index (κ3) is 7.63.